The molecule has 0 radical (unpaired) electrons. The fourth-order valence-corrected chi connectivity index (χ4v) is 4.41. The van der Waals surface area contributed by atoms with E-state index in [0.717, 1.165) is 24.2 Å². The first-order valence-electron chi connectivity index (χ1n) is 8.62. The predicted molar refractivity (Wildman–Crippen MR) is 87.8 cm³/mol. The van der Waals surface area contributed by atoms with E-state index in [1.165, 1.54) is 57.1 Å². The molecule has 2 heterocycles. The van der Waals surface area contributed by atoms with Crippen LogP contribution in [0.2, 0.25) is 0 Å². The van der Waals surface area contributed by atoms with Gasteiger partial charge in [-0.2, -0.15) is 0 Å². The van der Waals surface area contributed by atoms with Crippen LogP contribution >= 0.6 is 0 Å². The van der Waals surface area contributed by atoms with Gasteiger partial charge in [0.1, 0.15) is 0 Å². The maximum Gasteiger partial charge on any atom is 0.0399 e. The van der Waals surface area contributed by atoms with Crippen LogP contribution in [0, 0.1) is 17.8 Å². The average Bonchev–Trinajstić information content (AvgIpc) is 2.97. The van der Waals surface area contributed by atoms with Crippen molar-refractivity contribution in [2.75, 3.05) is 50.7 Å². The summed E-state index contributed by atoms with van der Waals surface area (Å²) < 4.78 is 0. The lowest BCUT2D eigenvalue weighted by Crippen LogP contribution is -2.47. The molecule has 3 atom stereocenters. The molecule has 2 saturated heterocycles. The number of piperazine rings is 1. The number of fused-ring (bicyclic) bond motifs is 1. The van der Waals surface area contributed by atoms with Crippen molar-refractivity contribution in [3.05, 3.63) is 29.8 Å². The molecule has 1 N–H and O–H groups in total. The van der Waals surface area contributed by atoms with Crippen molar-refractivity contribution in [1.29, 1.82) is 0 Å². The van der Waals surface area contributed by atoms with E-state index in [2.05, 4.69) is 46.3 Å². The molecule has 114 valence electrons. The Morgan fingerprint density at radius 3 is 2.48 bits per heavy atom. The predicted octanol–water partition coefficient (Wildman–Crippen LogP) is 1.84. The molecule has 1 saturated carbocycles. The second-order valence-electron chi connectivity index (χ2n) is 6.92. The van der Waals surface area contributed by atoms with Crippen LogP contribution in [0.1, 0.15) is 12.5 Å². The standard InChI is InChI=1S/C18H27N3/c1-2-14-5-3-4-6-18(14)21-9-7-20(8-10-21)13-17-15-11-19-12-16(15)17/h3-6,15-17,19H,2,7-13H2,1H3/t15-,16+,17?. The van der Waals surface area contributed by atoms with E-state index in [1.54, 1.807) is 0 Å². The number of hydrogen-bond donors (Lipinski definition) is 1. The first kappa shape index (κ1) is 13.6. The van der Waals surface area contributed by atoms with Crippen molar-refractivity contribution in [3.8, 4) is 0 Å². The lowest BCUT2D eigenvalue weighted by Gasteiger charge is -2.37. The molecule has 1 aliphatic carbocycles. The van der Waals surface area contributed by atoms with Gasteiger partial charge in [-0.1, -0.05) is 25.1 Å². The minimum Gasteiger partial charge on any atom is -0.369 e. The summed E-state index contributed by atoms with van der Waals surface area (Å²) in [7, 11) is 0. The Hall–Kier alpha value is -1.06. The van der Waals surface area contributed by atoms with E-state index >= 15 is 0 Å². The molecule has 21 heavy (non-hydrogen) atoms. The number of para-hydroxylation sites is 1. The highest BCUT2D eigenvalue weighted by Gasteiger charge is 2.52. The lowest BCUT2D eigenvalue weighted by atomic mass is 10.1. The number of hydrogen-bond acceptors (Lipinski definition) is 3. The molecular weight excluding hydrogens is 258 g/mol. The van der Waals surface area contributed by atoms with Crippen LogP contribution in [0.3, 0.4) is 0 Å². The number of benzene rings is 1. The zero-order valence-electron chi connectivity index (χ0n) is 13.1. The Bertz CT molecular complexity index is 483. The van der Waals surface area contributed by atoms with Gasteiger partial charge in [0.05, 0.1) is 0 Å². The van der Waals surface area contributed by atoms with Gasteiger partial charge in [0.25, 0.3) is 0 Å². The largest absolute Gasteiger partial charge is 0.369 e. The number of piperidine rings is 1. The van der Waals surface area contributed by atoms with E-state index in [-0.39, 0.29) is 0 Å². The Morgan fingerprint density at radius 2 is 1.76 bits per heavy atom. The van der Waals surface area contributed by atoms with Gasteiger partial charge in [0.15, 0.2) is 0 Å². The summed E-state index contributed by atoms with van der Waals surface area (Å²) in [6, 6.07) is 8.92. The minimum absolute atomic E-state index is 1.00. The van der Waals surface area contributed by atoms with Gasteiger partial charge in [-0.05, 0) is 48.9 Å². The molecule has 3 aliphatic rings. The second-order valence-corrected chi connectivity index (χ2v) is 6.92. The highest BCUT2D eigenvalue weighted by Crippen LogP contribution is 2.48. The maximum atomic E-state index is 3.50. The second kappa shape index (κ2) is 5.62. The fraction of sp³-hybridized carbons (Fsp3) is 0.667. The highest BCUT2D eigenvalue weighted by molar-refractivity contribution is 5.54. The van der Waals surface area contributed by atoms with Crippen molar-refractivity contribution in [2.45, 2.75) is 13.3 Å². The van der Waals surface area contributed by atoms with Gasteiger partial charge in [-0.15, -0.1) is 0 Å². The monoisotopic (exact) mass is 285 g/mol. The van der Waals surface area contributed by atoms with Crippen molar-refractivity contribution in [2.24, 2.45) is 17.8 Å². The molecule has 0 bridgehead atoms. The van der Waals surface area contributed by atoms with E-state index in [1.807, 2.05) is 0 Å². The fourth-order valence-electron chi connectivity index (χ4n) is 4.41. The first-order valence-corrected chi connectivity index (χ1v) is 8.62. The summed E-state index contributed by atoms with van der Waals surface area (Å²) in [5.41, 5.74) is 2.96. The Kier molecular flexibility index (Phi) is 3.64. The minimum atomic E-state index is 1.00. The van der Waals surface area contributed by atoms with Crippen molar-refractivity contribution >= 4 is 5.69 Å². The summed E-state index contributed by atoms with van der Waals surface area (Å²) in [5, 5.41) is 3.50. The van der Waals surface area contributed by atoms with Crippen LogP contribution in [0.15, 0.2) is 24.3 Å². The molecule has 1 unspecified atom stereocenters. The number of anilines is 1. The molecule has 3 heteroatoms. The molecule has 3 fully saturated rings. The Morgan fingerprint density at radius 1 is 1.05 bits per heavy atom. The van der Waals surface area contributed by atoms with E-state index in [4.69, 9.17) is 0 Å². The van der Waals surface area contributed by atoms with E-state index in [0.29, 0.717) is 0 Å². The first-order chi connectivity index (χ1) is 10.4. The SMILES string of the molecule is CCc1ccccc1N1CCN(CC2[C@H]3CNC[C@@H]23)CC1. The van der Waals surface area contributed by atoms with Gasteiger partial charge in [0.2, 0.25) is 0 Å². The number of nitrogens with one attached hydrogen (secondary N) is 1. The van der Waals surface area contributed by atoms with Gasteiger partial charge in [-0.3, -0.25) is 4.90 Å². The maximum absolute atomic E-state index is 3.50. The third-order valence-corrected chi connectivity index (χ3v) is 5.82. The quantitative estimate of drug-likeness (QED) is 0.910. The van der Waals surface area contributed by atoms with Crippen LogP contribution in [-0.2, 0) is 6.42 Å². The molecule has 3 nitrogen and oxygen atoms in total. The van der Waals surface area contributed by atoms with Crippen molar-refractivity contribution in [3.63, 3.8) is 0 Å². The third kappa shape index (κ3) is 2.58. The molecule has 2 aliphatic heterocycles. The summed E-state index contributed by atoms with van der Waals surface area (Å²) in [5.74, 6) is 3.01. The Labute approximate surface area is 128 Å². The zero-order valence-corrected chi connectivity index (χ0v) is 13.1. The highest BCUT2D eigenvalue weighted by atomic mass is 15.3. The smallest absolute Gasteiger partial charge is 0.0399 e. The molecule has 0 amide bonds. The lowest BCUT2D eigenvalue weighted by molar-refractivity contribution is 0.237. The third-order valence-electron chi connectivity index (χ3n) is 5.82. The van der Waals surface area contributed by atoms with E-state index in [9.17, 15) is 0 Å². The Balaban J connectivity index is 1.32. The van der Waals surface area contributed by atoms with Crippen LogP contribution in [0.4, 0.5) is 5.69 Å². The number of nitrogens with zero attached hydrogens (tertiary/aromatic N) is 2. The van der Waals surface area contributed by atoms with Crippen molar-refractivity contribution < 1.29 is 0 Å². The van der Waals surface area contributed by atoms with Crippen molar-refractivity contribution in [1.82, 2.24) is 10.2 Å². The summed E-state index contributed by atoms with van der Waals surface area (Å²) in [4.78, 5) is 5.29. The summed E-state index contributed by atoms with van der Waals surface area (Å²) >= 11 is 0. The molecule has 1 aromatic carbocycles. The van der Waals surface area contributed by atoms with Crippen LogP contribution < -0.4 is 10.2 Å². The zero-order chi connectivity index (χ0) is 14.2. The molecule has 4 rings (SSSR count). The molecule has 0 spiro atoms. The van der Waals surface area contributed by atoms with Crippen LogP contribution in [0.25, 0.3) is 0 Å². The topological polar surface area (TPSA) is 18.5 Å². The molecule has 1 aromatic rings. The van der Waals surface area contributed by atoms with E-state index < -0.39 is 0 Å². The normalized spacial score (nSPS) is 32.2. The van der Waals surface area contributed by atoms with Gasteiger partial charge in [-0.25, -0.2) is 0 Å². The van der Waals surface area contributed by atoms with Gasteiger partial charge in [0, 0.05) is 38.4 Å². The summed E-state index contributed by atoms with van der Waals surface area (Å²) in [6.45, 7) is 11.0. The average molecular weight is 285 g/mol. The number of rotatable bonds is 4. The summed E-state index contributed by atoms with van der Waals surface area (Å²) in [6.07, 6.45) is 1.13. The van der Waals surface area contributed by atoms with Gasteiger partial charge >= 0.3 is 0 Å². The molecular formula is C18H27N3. The van der Waals surface area contributed by atoms with Crippen LogP contribution in [0.5, 0.6) is 0 Å². The molecule has 0 aromatic heterocycles. The van der Waals surface area contributed by atoms with Crippen LogP contribution in [-0.4, -0.2) is 50.7 Å². The van der Waals surface area contributed by atoms with Gasteiger partial charge < -0.3 is 10.2 Å². The number of aryl methyl sites for hydroxylation is 1.